The molecule has 0 unspecified atom stereocenters. The van der Waals surface area contributed by atoms with Crippen molar-refractivity contribution in [2.45, 2.75) is 0 Å². The van der Waals surface area contributed by atoms with Crippen LogP contribution < -0.4 is 0 Å². The molecule has 0 fully saturated rings. The van der Waals surface area contributed by atoms with Crippen molar-refractivity contribution in [2.24, 2.45) is 0 Å². The summed E-state index contributed by atoms with van der Waals surface area (Å²) in [6.45, 7) is 0. The average Bonchev–Trinajstić information content (AvgIpc) is 2.22. The monoisotopic (exact) mass is 268 g/mol. The van der Waals surface area contributed by atoms with Crippen molar-refractivity contribution in [3.8, 4) is 11.1 Å². The van der Waals surface area contributed by atoms with E-state index in [0.29, 0.717) is 5.56 Å². The van der Waals surface area contributed by atoms with E-state index in [-0.39, 0.29) is 0 Å². The molecule has 3 heteroatoms. The van der Waals surface area contributed by atoms with Crippen molar-refractivity contribution < 1.29 is 8.78 Å². The molecule has 2 rings (SSSR count). The van der Waals surface area contributed by atoms with Gasteiger partial charge in [-0.15, -0.1) is 0 Å². The first-order valence-electron chi connectivity index (χ1n) is 4.38. The molecule has 0 bridgehead atoms. The molecule has 0 saturated heterocycles. The normalized spacial score (nSPS) is 10.3. The van der Waals surface area contributed by atoms with Gasteiger partial charge in [0.05, 0.1) is 0 Å². The van der Waals surface area contributed by atoms with Gasteiger partial charge < -0.3 is 0 Å². The summed E-state index contributed by atoms with van der Waals surface area (Å²) >= 11 is 3.32. The summed E-state index contributed by atoms with van der Waals surface area (Å²) in [5, 5.41) is 0. The second kappa shape index (κ2) is 4.11. The molecular weight excluding hydrogens is 262 g/mol. The largest absolute Gasteiger partial charge is 0.204 e. The second-order valence-corrected chi connectivity index (χ2v) is 4.05. The topological polar surface area (TPSA) is 0 Å². The Hall–Kier alpha value is -1.22. The lowest BCUT2D eigenvalue weighted by Crippen LogP contribution is -1.85. The number of rotatable bonds is 1. The fraction of sp³-hybridized carbons (Fsp3) is 0. The highest BCUT2D eigenvalue weighted by atomic mass is 79.9. The molecule has 0 saturated carbocycles. The molecule has 76 valence electrons. The van der Waals surface area contributed by atoms with Crippen molar-refractivity contribution in [1.29, 1.82) is 0 Å². The maximum absolute atomic E-state index is 13.0. The second-order valence-electron chi connectivity index (χ2n) is 3.14. The average molecular weight is 269 g/mol. The molecule has 0 N–H and O–H groups in total. The fourth-order valence-corrected chi connectivity index (χ4v) is 1.74. The van der Waals surface area contributed by atoms with Crippen LogP contribution in [0.15, 0.2) is 46.9 Å². The third-order valence-corrected chi connectivity index (χ3v) is 2.57. The van der Waals surface area contributed by atoms with Crippen LogP contribution in [0.1, 0.15) is 0 Å². The van der Waals surface area contributed by atoms with Gasteiger partial charge in [-0.3, -0.25) is 0 Å². The highest BCUT2D eigenvalue weighted by molar-refractivity contribution is 9.10. The lowest BCUT2D eigenvalue weighted by Gasteiger charge is -2.02. The first kappa shape index (κ1) is 10.3. The van der Waals surface area contributed by atoms with Crippen LogP contribution in [0, 0.1) is 11.6 Å². The number of halogens is 3. The zero-order valence-electron chi connectivity index (χ0n) is 7.68. The third-order valence-electron chi connectivity index (χ3n) is 2.08. The predicted molar refractivity (Wildman–Crippen MR) is 59.5 cm³/mol. The maximum atomic E-state index is 13.0. The minimum atomic E-state index is -0.826. The van der Waals surface area contributed by atoms with Gasteiger partial charge in [0, 0.05) is 4.47 Å². The van der Waals surface area contributed by atoms with Gasteiger partial charge in [0.2, 0.25) is 0 Å². The van der Waals surface area contributed by atoms with Crippen molar-refractivity contribution in [1.82, 2.24) is 0 Å². The standard InChI is InChI=1S/C12H7BrF2/c13-10-3-1-2-8(6-10)9-4-5-11(14)12(15)7-9/h1-7H. The Morgan fingerprint density at radius 1 is 0.800 bits per heavy atom. The molecule has 0 aromatic heterocycles. The first-order chi connectivity index (χ1) is 7.16. The molecule has 0 nitrogen and oxygen atoms in total. The molecule has 0 heterocycles. The van der Waals surface area contributed by atoms with Crippen LogP contribution in [-0.2, 0) is 0 Å². The van der Waals surface area contributed by atoms with Crippen LogP contribution in [0.2, 0.25) is 0 Å². The van der Waals surface area contributed by atoms with Crippen molar-refractivity contribution >= 4 is 15.9 Å². The Kier molecular flexibility index (Phi) is 2.82. The van der Waals surface area contributed by atoms with E-state index in [1.165, 1.54) is 6.07 Å². The van der Waals surface area contributed by atoms with Gasteiger partial charge in [-0.05, 0) is 35.4 Å². The molecule has 0 aliphatic carbocycles. The molecule has 0 aliphatic heterocycles. The van der Waals surface area contributed by atoms with Gasteiger partial charge >= 0.3 is 0 Å². The van der Waals surface area contributed by atoms with Crippen molar-refractivity contribution in [2.75, 3.05) is 0 Å². The SMILES string of the molecule is Fc1ccc(-c2cccc(Br)c2)cc1F. The minimum absolute atomic E-state index is 0.662. The fourth-order valence-electron chi connectivity index (χ4n) is 1.34. The van der Waals surface area contributed by atoms with E-state index in [0.717, 1.165) is 16.1 Å². The molecule has 0 amide bonds. The quantitative estimate of drug-likeness (QED) is 0.720. The summed E-state index contributed by atoms with van der Waals surface area (Å²) in [5.41, 5.74) is 1.51. The van der Waals surface area contributed by atoms with Crippen LogP contribution in [0.3, 0.4) is 0 Å². The first-order valence-corrected chi connectivity index (χ1v) is 5.17. The zero-order chi connectivity index (χ0) is 10.8. The number of hydrogen-bond donors (Lipinski definition) is 0. The smallest absolute Gasteiger partial charge is 0.159 e. The number of hydrogen-bond acceptors (Lipinski definition) is 0. The van der Waals surface area contributed by atoms with Crippen LogP contribution in [0.25, 0.3) is 11.1 Å². The van der Waals surface area contributed by atoms with E-state index in [1.807, 2.05) is 24.3 Å². The molecule has 2 aromatic rings. The summed E-state index contributed by atoms with van der Waals surface area (Å²) in [5.74, 6) is -1.65. The zero-order valence-corrected chi connectivity index (χ0v) is 9.26. The summed E-state index contributed by atoms with van der Waals surface area (Å²) < 4.78 is 26.6. The lowest BCUT2D eigenvalue weighted by atomic mass is 10.1. The van der Waals surface area contributed by atoms with E-state index < -0.39 is 11.6 Å². The van der Waals surface area contributed by atoms with E-state index in [9.17, 15) is 8.78 Å². The molecule has 0 atom stereocenters. The van der Waals surface area contributed by atoms with Crippen LogP contribution in [-0.4, -0.2) is 0 Å². The Balaban J connectivity index is 2.50. The summed E-state index contributed by atoms with van der Waals surface area (Å²) in [6, 6.07) is 11.3. The third kappa shape index (κ3) is 2.23. The van der Waals surface area contributed by atoms with E-state index in [4.69, 9.17) is 0 Å². The maximum Gasteiger partial charge on any atom is 0.159 e. The van der Waals surface area contributed by atoms with Gasteiger partial charge in [-0.25, -0.2) is 8.78 Å². The highest BCUT2D eigenvalue weighted by Crippen LogP contribution is 2.24. The Morgan fingerprint density at radius 3 is 2.20 bits per heavy atom. The Bertz CT molecular complexity index is 495. The molecule has 0 spiro atoms. The Labute approximate surface area is 94.7 Å². The molecular formula is C12H7BrF2. The molecule has 0 radical (unpaired) electrons. The molecule has 0 aliphatic rings. The van der Waals surface area contributed by atoms with Gasteiger partial charge in [0.15, 0.2) is 11.6 Å². The Morgan fingerprint density at radius 2 is 1.53 bits per heavy atom. The van der Waals surface area contributed by atoms with Crippen molar-refractivity contribution in [3.63, 3.8) is 0 Å². The minimum Gasteiger partial charge on any atom is -0.204 e. The molecule has 2 aromatic carbocycles. The highest BCUT2D eigenvalue weighted by Gasteiger charge is 2.04. The van der Waals surface area contributed by atoms with Gasteiger partial charge in [0.1, 0.15) is 0 Å². The molecule has 15 heavy (non-hydrogen) atoms. The summed E-state index contributed by atoms with van der Waals surface area (Å²) in [6.07, 6.45) is 0. The van der Waals surface area contributed by atoms with Gasteiger partial charge in [0.25, 0.3) is 0 Å². The van der Waals surface area contributed by atoms with Gasteiger partial charge in [-0.1, -0.05) is 34.1 Å². The summed E-state index contributed by atoms with van der Waals surface area (Å²) in [4.78, 5) is 0. The predicted octanol–water partition coefficient (Wildman–Crippen LogP) is 4.39. The van der Waals surface area contributed by atoms with Crippen LogP contribution in [0.5, 0.6) is 0 Å². The number of benzene rings is 2. The van der Waals surface area contributed by atoms with Gasteiger partial charge in [-0.2, -0.15) is 0 Å². The van der Waals surface area contributed by atoms with Crippen LogP contribution >= 0.6 is 15.9 Å². The van der Waals surface area contributed by atoms with E-state index >= 15 is 0 Å². The van der Waals surface area contributed by atoms with E-state index in [1.54, 1.807) is 6.07 Å². The van der Waals surface area contributed by atoms with E-state index in [2.05, 4.69) is 15.9 Å². The van der Waals surface area contributed by atoms with Crippen LogP contribution in [0.4, 0.5) is 8.78 Å². The lowest BCUT2D eigenvalue weighted by molar-refractivity contribution is 0.509. The summed E-state index contributed by atoms with van der Waals surface area (Å²) in [7, 11) is 0. The van der Waals surface area contributed by atoms with Crippen molar-refractivity contribution in [3.05, 3.63) is 58.6 Å².